The molecule has 0 aromatic carbocycles. The maximum absolute atomic E-state index is 12.0. The zero-order valence-corrected chi connectivity index (χ0v) is 14.5. The average molecular weight is 301 g/mol. The minimum Gasteiger partial charge on any atom is -0.368 e. The van der Waals surface area contributed by atoms with E-state index in [1.54, 1.807) is 0 Å². The minimum absolute atomic E-state index is 0.0402. The second-order valence-corrected chi connectivity index (χ2v) is 9.55. The van der Waals surface area contributed by atoms with Crippen LogP contribution in [0.3, 0.4) is 0 Å². The largest absolute Gasteiger partial charge is 0.368 e. The Morgan fingerprint density at radius 1 is 1.25 bits per heavy atom. The van der Waals surface area contributed by atoms with Crippen molar-refractivity contribution in [3.63, 3.8) is 0 Å². The Kier molecular flexibility index (Phi) is 4.98. The highest BCUT2D eigenvalue weighted by atomic mass is 32.2. The van der Waals surface area contributed by atoms with E-state index in [4.69, 9.17) is 4.74 Å². The van der Waals surface area contributed by atoms with Gasteiger partial charge in [0.2, 0.25) is 0 Å². The fourth-order valence-corrected chi connectivity index (χ4v) is 5.23. The Balaban J connectivity index is 1.94. The molecule has 4 atom stereocenters. The summed E-state index contributed by atoms with van der Waals surface area (Å²) in [6.07, 6.45) is 5.66. The molecule has 0 aromatic rings. The van der Waals surface area contributed by atoms with E-state index in [0.29, 0.717) is 17.3 Å². The van der Waals surface area contributed by atoms with Gasteiger partial charge in [-0.25, -0.2) is 0 Å². The molecule has 1 heterocycles. The van der Waals surface area contributed by atoms with Gasteiger partial charge in [-0.2, -0.15) is 0 Å². The van der Waals surface area contributed by atoms with E-state index in [0.717, 1.165) is 25.0 Å². The van der Waals surface area contributed by atoms with Gasteiger partial charge >= 0.3 is 0 Å². The Morgan fingerprint density at radius 3 is 2.50 bits per heavy atom. The predicted molar refractivity (Wildman–Crippen MR) is 85.5 cm³/mol. The van der Waals surface area contributed by atoms with Crippen LogP contribution in [0.15, 0.2) is 0 Å². The lowest BCUT2D eigenvalue weighted by Crippen LogP contribution is -2.50. The highest BCUT2D eigenvalue weighted by molar-refractivity contribution is 7.85. The van der Waals surface area contributed by atoms with Gasteiger partial charge in [0.15, 0.2) is 0 Å². The number of nitrogens with one attached hydrogen (secondary N) is 1. The molecule has 0 amide bonds. The number of rotatable bonds is 4. The lowest BCUT2D eigenvalue weighted by molar-refractivity contribution is -0.0706. The number of hydrogen-bond acceptors (Lipinski definition) is 3. The minimum atomic E-state index is -0.643. The highest BCUT2D eigenvalue weighted by Gasteiger charge is 2.46. The molecule has 0 bridgehead atoms. The highest BCUT2D eigenvalue weighted by Crippen LogP contribution is 2.38. The quantitative estimate of drug-likeness (QED) is 0.867. The SMILES string of the molecule is CC[S@](=O)[C@@H]1CCC[C@@H](N[C@H]2CC(C)(C)OC2(C)C)C1. The Morgan fingerprint density at radius 2 is 1.95 bits per heavy atom. The summed E-state index contributed by atoms with van der Waals surface area (Å²) in [7, 11) is -0.643. The van der Waals surface area contributed by atoms with E-state index < -0.39 is 10.8 Å². The van der Waals surface area contributed by atoms with Crippen molar-refractivity contribution in [1.82, 2.24) is 5.32 Å². The van der Waals surface area contributed by atoms with Crippen molar-refractivity contribution in [3.8, 4) is 0 Å². The van der Waals surface area contributed by atoms with Gasteiger partial charge in [-0.3, -0.25) is 4.21 Å². The fraction of sp³-hybridized carbons (Fsp3) is 1.00. The van der Waals surface area contributed by atoms with Crippen LogP contribution in [-0.2, 0) is 15.5 Å². The van der Waals surface area contributed by atoms with Crippen LogP contribution in [0.5, 0.6) is 0 Å². The zero-order valence-electron chi connectivity index (χ0n) is 13.7. The summed E-state index contributed by atoms with van der Waals surface area (Å²) in [5.41, 5.74) is -0.151. The van der Waals surface area contributed by atoms with Gasteiger partial charge in [0.1, 0.15) is 0 Å². The van der Waals surface area contributed by atoms with Gasteiger partial charge in [-0.15, -0.1) is 0 Å². The summed E-state index contributed by atoms with van der Waals surface area (Å²) in [6, 6.07) is 0.905. The fourth-order valence-electron chi connectivity index (χ4n) is 3.88. The first-order valence-corrected chi connectivity index (χ1v) is 9.45. The first-order valence-electron chi connectivity index (χ1n) is 8.07. The van der Waals surface area contributed by atoms with Crippen LogP contribution in [0.4, 0.5) is 0 Å². The van der Waals surface area contributed by atoms with E-state index in [2.05, 4.69) is 33.0 Å². The van der Waals surface area contributed by atoms with Crippen LogP contribution in [0, 0.1) is 0 Å². The van der Waals surface area contributed by atoms with Gasteiger partial charge in [0, 0.05) is 33.9 Å². The van der Waals surface area contributed by atoms with Crippen LogP contribution in [0.2, 0.25) is 0 Å². The third kappa shape index (κ3) is 3.83. The molecule has 0 radical (unpaired) electrons. The summed E-state index contributed by atoms with van der Waals surface area (Å²) in [5.74, 6) is 0.794. The molecule has 1 aliphatic carbocycles. The number of hydrogen-bond donors (Lipinski definition) is 1. The molecule has 118 valence electrons. The molecular formula is C16H31NO2S. The van der Waals surface area contributed by atoms with E-state index in [1.165, 1.54) is 12.8 Å². The lowest BCUT2D eigenvalue weighted by atomic mass is 9.90. The molecule has 2 rings (SSSR count). The molecule has 1 N–H and O–H groups in total. The van der Waals surface area contributed by atoms with E-state index in [9.17, 15) is 4.21 Å². The normalized spacial score (nSPS) is 37.8. The summed E-state index contributed by atoms with van der Waals surface area (Å²) in [4.78, 5) is 0. The topological polar surface area (TPSA) is 38.3 Å². The summed E-state index contributed by atoms with van der Waals surface area (Å²) in [6.45, 7) is 10.7. The molecule has 2 fully saturated rings. The van der Waals surface area contributed by atoms with E-state index in [1.807, 2.05) is 6.92 Å². The van der Waals surface area contributed by atoms with Crippen molar-refractivity contribution in [1.29, 1.82) is 0 Å². The van der Waals surface area contributed by atoms with Gasteiger partial charge in [0.05, 0.1) is 11.2 Å². The molecule has 1 saturated carbocycles. The molecule has 3 nitrogen and oxygen atoms in total. The molecule has 1 saturated heterocycles. The molecule has 0 aromatic heterocycles. The van der Waals surface area contributed by atoms with Gasteiger partial charge < -0.3 is 10.1 Å². The van der Waals surface area contributed by atoms with Crippen molar-refractivity contribution >= 4 is 10.8 Å². The van der Waals surface area contributed by atoms with Crippen LogP contribution in [0.25, 0.3) is 0 Å². The molecular weight excluding hydrogens is 270 g/mol. The average Bonchev–Trinajstić information content (AvgIpc) is 2.56. The zero-order chi connectivity index (χ0) is 15.0. The summed E-state index contributed by atoms with van der Waals surface area (Å²) < 4.78 is 18.2. The lowest BCUT2D eigenvalue weighted by Gasteiger charge is -2.35. The summed E-state index contributed by atoms with van der Waals surface area (Å²) >= 11 is 0. The standard InChI is InChI=1S/C16H31NO2S/c1-6-20(18)13-9-7-8-12(10-13)17-14-11-15(2,3)19-16(14,4)5/h12-14,17H,6-11H2,1-5H3/t12-,13-,14+,20+/m1/s1. The van der Waals surface area contributed by atoms with Gasteiger partial charge in [-0.05, 0) is 53.4 Å². The van der Waals surface area contributed by atoms with Crippen LogP contribution in [-0.4, -0.2) is 38.5 Å². The molecule has 4 heteroatoms. The van der Waals surface area contributed by atoms with Crippen molar-refractivity contribution in [3.05, 3.63) is 0 Å². The maximum Gasteiger partial charge on any atom is 0.0787 e. The van der Waals surface area contributed by atoms with Gasteiger partial charge in [0.25, 0.3) is 0 Å². The van der Waals surface area contributed by atoms with Gasteiger partial charge in [-0.1, -0.05) is 13.3 Å². The van der Waals surface area contributed by atoms with Crippen molar-refractivity contribution in [2.45, 2.75) is 95.3 Å². The second-order valence-electron chi connectivity index (χ2n) is 7.54. The smallest absolute Gasteiger partial charge is 0.0787 e. The third-order valence-electron chi connectivity index (χ3n) is 4.79. The van der Waals surface area contributed by atoms with E-state index in [-0.39, 0.29) is 11.2 Å². The molecule has 0 spiro atoms. The third-order valence-corrected chi connectivity index (χ3v) is 6.53. The van der Waals surface area contributed by atoms with Crippen LogP contribution in [0.1, 0.15) is 66.7 Å². The molecule has 0 unspecified atom stereocenters. The predicted octanol–water partition coefficient (Wildman–Crippen LogP) is 3.00. The monoisotopic (exact) mass is 301 g/mol. The number of ether oxygens (including phenoxy) is 1. The van der Waals surface area contributed by atoms with Crippen LogP contribution >= 0.6 is 0 Å². The first-order chi connectivity index (χ1) is 9.23. The van der Waals surface area contributed by atoms with Crippen molar-refractivity contribution < 1.29 is 8.95 Å². The Bertz CT molecular complexity index is 367. The molecule has 20 heavy (non-hydrogen) atoms. The first kappa shape index (κ1) is 16.4. The Hall–Kier alpha value is 0.0700. The van der Waals surface area contributed by atoms with Crippen molar-refractivity contribution in [2.24, 2.45) is 0 Å². The van der Waals surface area contributed by atoms with E-state index >= 15 is 0 Å². The second kappa shape index (κ2) is 6.05. The van der Waals surface area contributed by atoms with Crippen LogP contribution < -0.4 is 5.32 Å². The van der Waals surface area contributed by atoms with Crippen molar-refractivity contribution in [2.75, 3.05) is 5.75 Å². The molecule has 2 aliphatic rings. The summed E-state index contributed by atoms with van der Waals surface area (Å²) in [5, 5.41) is 4.21. The Labute approximate surface area is 126 Å². The molecule has 1 aliphatic heterocycles. The maximum atomic E-state index is 12.0.